The van der Waals surface area contributed by atoms with Crippen molar-refractivity contribution in [2.75, 3.05) is 18.1 Å². The summed E-state index contributed by atoms with van der Waals surface area (Å²) in [5, 5.41) is 4.04. The summed E-state index contributed by atoms with van der Waals surface area (Å²) in [6.07, 6.45) is 3.23. The Morgan fingerprint density at radius 1 is 1.58 bits per heavy atom. The number of aromatic nitrogens is 1. The van der Waals surface area contributed by atoms with E-state index in [0.29, 0.717) is 16.7 Å². The monoisotopic (exact) mass is 282 g/mol. The highest BCUT2D eigenvalue weighted by molar-refractivity contribution is 7.18. The minimum absolute atomic E-state index is 0.0503. The van der Waals surface area contributed by atoms with Gasteiger partial charge < -0.3 is 16.0 Å². The van der Waals surface area contributed by atoms with E-state index in [9.17, 15) is 4.79 Å². The fraction of sp³-hybridized carbons (Fsp3) is 0.692. The first kappa shape index (κ1) is 14.1. The molecule has 0 spiro atoms. The fourth-order valence-electron chi connectivity index (χ4n) is 1.61. The van der Waals surface area contributed by atoms with E-state index in [-0.39, 0.29) is 11.4 Å². The van der Waals surface area contributed by atoms with Crippen LogP contribution in [0.2, 0.25) is 0 Å². The number of nitrogen functional groups attached to an aromatic ring is 1. The first-order valence-electron chi connectivity index (χ1n) is 6.66. The summed E-state index contributed by atoms with van der Waals surface area (Å²) in [5.41, 5.74) is 5.69. The molecule has 0 aromatic carbocycles. The van der Waals surface area contributed by atoms with Gasteiger partial charge in [-0.05, 0) is 33.1 Å². The Hall–Kier alpha value is -1.30. The van der Waals surface area contributed by atoms with Gasteiger partial charge in [0.05, 0.1) is 0 Å². The Bertz CT molecular complexity index is 479. The third-order valence-electron chi connectivity index (χ3n) is 3.83. The summed E-state index contributed by atoms with van der Waals surface area (Å²) in [4.78, 5) is 19.0. The summed E-state index contributed by atoms with van der Waals surface area (Å²) >= 11 is 1.35. The minimum atomic E-state index is -0.183. The van der Waals surface area contributed by atoms with Crippen molar-refractivity contribution in [3.63, 3.8) is 0 Å². The van der Waals surface area contributed by atoms with Crippen LogP contribution in [0, 0.1) is 0 Å². The topological polar surface area (TPSA) is 71.2 Å². The second-order valence-electron chi connectivity index (χ2n) is 5.68. The van der Waals surface area contributed by atoms with Gasteiger partial charge in [0.25, 0.3) is 5.91 Å². The molecule has 1 aromatic rings. The number of hydrogen-bond donors (Lipinski definition) is 2. The van der Waals surface area contributed by atoms with Crippen molar-refractivity contribution >= 4 is 28.2 Å². The minimum Gasteiger partial charge on any atom is -0.382 e. The van der Waals surface area contributed by atoms with Crippen LogP contribution in [0.25, 0.3) is 0 Å². The quantitative estimate of drug-likeness (QED) is 0.870. The number of nitrogens with one attached hydrogen (secondary N) is 1. The number of carbonyl (C=O) groups excluding carboxylic acids is 1. The molecule has 0 atom stereocenters. The summed E-state index contributed by atoms with van der Waals surface area (Å²) < 4.78 is 0. The number of thiazole rings is 1. The molecule has 5 nitrogen and oxygen atoms in total. The van der Waals surface area contributed by atoms with Crippen molar-refractivity contribution in [2.45, 2.75) is 51.6 Å². The summed E-state index contributed by atoms with van der Waals surface area (Å²) in [5.74, 6) is 0.280. The molecule has 0 aliphatic heterocycles. The number of amides is 1. The molecular formula is C13H22N4OS. The molecular weight excluding hydrogens is 260 g/mol. The maximum atomic E-state index is 12.5. The van der Waals surface area contributed by atoms with Crippen molar-refractivity contribution in [2.24, 2.45) is 0 Å². The molecule has 1 aromatic heterocycles. The SMILES string of the molecule is CCC(C)(C)N(C)C(=O)c1sc(NC2CC2)nc1N. The maximum absolute atomic E-state index is 12.5. The lowest BCUT2D eigenvalue weighted by Gasteiger charge is -2.34. The van der Waals surface area contributed by atoms with Crippen LogP contribution >= 0.6 is 11.3 Å². The Labute approximate surface area is 118 Å². The lowest BCUT2D eigenvalue weighted by Crippen LogP contribution is -2.44. The number of hydrogen-bond acceptors (Lipinski definition) is 5. The second kappa shape index (κ2) is 5.00. The Morgan fingerprint density at radius 2 is 2.21 bits per heavy atom. The third kappa shape index (κ3) is 3.00. The predicted octanol–water partition coefficient (Wildman–Crippen LogP) is 2.56. The fourth-order valence-corrected chi connectivity index (χ4v) is 2.55. The van der Waals surface area contributed by atoms with E-state index in [0.717, 1.165) is 11.6 Å². The first-order chi connectivity index (χ1) is 8.85. The highest BCUT2D eigenvalue weighted by Gasteiger charge is 2.30. The lowest BCUT2D eigenvalue weighted by atomic mass is 10.00. The maximum Gasteiger partial charge on any atom is 0.268 e. The Morgan fingerprint density at radius 3 is 2.74 bits per heavy atom. The molecule has 1 fully saturated rings. The predicted molar refractivity (Wildman–Crippen MR) is 79.6 cm³/mol. The summed E-state index contributed by atoms with van der Waals surface area (Å²) in [6, 6.07) is 0.512. The van der Waals surface area contributed by atoms with Crippen molar-refractivity contribution < 1.29 is 4.79 Å². The van der Waals surface area contributed by atoms with Gasteiger partial charge in [0.15, 0.2) is 5.13 Å². The van der Waals surface area contributed by atoms with Crippen molar-refractivity contribution in [3.8, 4) is 0 Å². The van der Waals surface area contributed by atoms with Gasteiger partial charge in [0.2, 0.25) is 0 Å². The summed E-state index contributed by atoms with van der Waals surface area (Å²) in [7, 11) is 1.82. The number of rotatable bonds is 5. The van der Waals surface area contributed by atoms with Gasteiger partial charge in [-0.15, -0.1) is 0 Å². The molecule has 0 bridgehead atoms. The molecule has 1 heterocycles. The van der Waals surface area contributed by atoms with Crippen molar-refractivity contribution in [1.29, 1.82) is 0 Å². The highest BCUT2D eigenvalue weighted by Crippen LogP contribution is 2.32. The molecule has 106 valence electrons. The number of carbonyl (C=O) groups is 1. The van der Waals surface area contributed by atoms with Gasteiger partial charge in [-0.2, -0.15) is 0 Å². The largest absolute Gasteiger partial charge is 0.382 e. The molecule has 1 aliphatic carbocycles. The average Bonchev–Trinajstić information content (AvgIpc) is 3.10. The number of nitrogens with two attached hydrogens (primary N) is 1. The normalized spacial score (nSPS) is 15.4. The molecule has 0 radical (unpaired) electrons. The van der Waals surface area contributed by atoms with Crippen LogP contribution in [-0.2, 0) is 0 Å². The van der Waals surface area contributed by atoms with Crippen LogP contribution in [0.15, 0.2) is 0 Å². The zero-order valence-electron chi connectivity index (χ0n) is 12.0. The molecule has 19 heavy (non-hydrogen) atoms. The lowest BCUT2D eigenvalue weighted by molar-refractivity contribution is 0.0626. The highest BCUT2D eigenvalue weighted by atomic mass is 32.1. The molecule has 2 rings (SSSR count). The van der Waals surface area contributed by atoms with E-state index < -0.39 is 0 Å². The van der Waals surface area contributed by atoms with Crippen LogP contribution < -0.4 is 11.1 Å². The molecule has 0 unspecified atom stereocenters. The van der Waals surface area contributed by atoms with Gasteiger partial charge >= 0.3 is 0 Å². The van der Waals surface area contributed by atoms with Crippen LogP contribution in [0.4, 0.5) is 10.9 Å². The molecule has 3 N–H and O–H groups in total. The van der Waals surface area contributed by atoms with Crippen LogP contribution in [0.3, 0.4) is 0 Å². The van der Waals surface area contributed by atoms with E-state index in [1.165, 1.54) is 24.2 Å². The Kier molecular flexibility index (Phi) is 3.71. The average molecular weight is 282 g/mol. The molecule has 0 saturated heterocycles. The van der Waals surface area contributed by atoms with Gasteiger partial charge in [0, 0.05) is 18.6 Å². The molecule has 1 saturated carbocycles. The first-order valence-corrected chi connectivity index (χ1v) is 7.48. The van der Waals surface area contributed by atoms with Crippen molar-refractivity contribution in [1.82, 2.24) is 9.88 Å². The molecule has 1 aliphatic rings. The molecule has 1 amide bonds. The van der Waals surface area contributed by atoms with E-state index in [1.54, 1.807) is 4.90 Å². The number of anilines is 2. The van der Waals surface area contributed by atoms with E-state index in [2.05, 4.69) is 17.2 Å². The third-order valence-corrected chi connectivity index (χ3v) is 4.82. The molecule has 6 heteroatoms. The van der Waals surface area contributed by atoms with Crippen LogP contribution in [0.1, 0.15) is 49.7 Å². The van der Waals surface area contributed by atoms with E-state index in [1.807, 2.05) is 20.9 Å². The van der Waals surface area contributed by atoms with Crippen LogP contribution in [0.5, 0.6) is 0 Å². The van der Waals surface area contributed by atoms with Crippen molar-refractivity contribution in [3.05, 3.63) is 4.88 Å². The van der Waals surface area contributed by atoms with E-state index in [4.69, 9.17) is 5.73 Å². The second-order valence-corrected chi connectivity index (χ2v) is 6.68. The Balaban J connectivity index is 2.16. The number of nitrogens with zero attached hydrogens (tertiary/aromatic N) is 2. The van der Waals surface area contributed by atoms with Gasteiger partial charge in [-0.3, -0.25) is 4.79 Å². The van der Waals surface area contributed by atoms with Gasteiger partial charge in [-0.25, -0.2) is 4.98 Å². The van der Waals surface area contributed by atoms with Crippen LogP contribution in [-0.4, -0.2) is 34.4 Å². The standard InChI is InChI=1S/C13H22N4OS/c1-5-13(2,3)17(4)11(18)9-10(14)16-12(19-9)15-8-6-7-8/h8H,5-7,14H2,1-4H3,(H,15,16). The zero-order chi connectivity index (χ0) is 14.2. The van der Waals surface area contributed by atoms with Gasteiger partial charge in [0.1, 0.15) is 10.7 Å². The smallest absolute Gasteiger partial charge is 0.268 e. The van der Waals surface area contributed by atoms with E-state index >= 15 is 0 Å². The van der Waals surface area contributed by atoms with Gasteiger partial charge in [-0.1, -0.05) is 18.3 Å². The zero-order valence-corrected chi connectivity index (χ0v) is 12.8. The summed E-state index contributed by atoms with van der Waals surface area (Å²) in [6.45, 7) is 6.16.